The Bertz CT molecular complexity index is 1440. The van der Waals surface area contributed by atoms with E-state index in [0.717, 1.165) is 45.5 Å². The van der Waals surface area contributed by atoms with Gasteiger partial charge in [0, 0.05) is 0 Å². The van der Waals surface area contributed by atoms with E-state index in [1.165, 1.54) is 83.3 Å². The fourth-order valence-electron chi connectivity index (χ4n) is 6.77. The number of fused-ring (bicyclic) bond motifs is 2. The van der Waals surface area contributed by atoms with E-state index in [0.29, 0.717) is 17.6 Å². The molecular weight excluding hydrogens is 539 g/mol. The van der Waals surface area contributed by atoms with E-state index in [4.69, 9.17) is 14.7 Å². The minimum atomic E-state index is -0.323. The van der Waals surface area contributed by atoms with Crippen LogP contribution in [0.4, 0.5) is 0 Å². The Morgan fingerprint density at radius 2 is 1.45 bits per heavy atom. The number of imidazole rings is 2. The molecule has 6 nitrogen and oxygen atoms in total. The molecule has 2 heterocycles. The van der Waals surface area contributed by atoms with Crippen LogP contribution in [0.3, 0.4) is 0 Å². The Morgan fingerprint density at radius 1 is 0.816 bits per heavy atom. The van der Waals surface area contributed by atoms with E-state index >= 15 is 0 Å². The summed E-state index contributed by atoms with van der Waals surface area (Å²) in [5, 5.41) is 0. The van der Waals surface area contributed by atoms with Crippen LogP contribution in [0, 0.1) is 0 Å². The van der Waals surface area contributed by atoms with Crippen molar-refractivity contribution in [2.75, 3.05) is 7.11 Å². The van der Waals surface area contributed by atoms with Gasteiger partial charge in [-0.05, 0) is 0 Å². The zero-order valence-electron chi connectivity index (χ0n) is 22.4. The second-order valence-electron chi connectivity index (χ2n) is 11.1. The van der Waals surface area contributed by atoms with Crippen molar-refractivity contribution in [2.24, 2.45) is 0 Å². The predicted octanol–water partition coefficient (Wildman–Crippen LogP) is 6.55. The molecule has 0 unspecified atom stereocenters. The Hall–Kier alpha value is -2.63. The summed E-state index contributed by atoms with van der Waals surface area (Å²) in [6.45, 7) is 0. The summed E-state index contributed by atoms with van der Waals surface area (Å²) in [6, 6.07) is 13.2. The third kappa shape index (κ3) is 4.80. The molecule has 6 rings (SSSR count). The molecule has 0 aliphatic heterocycles. The van der Waals surface area contributed by atoms with E-state index in [2.05, 4.69) is 49.4 Å². The number of rotatable bonds is 4. The van der Waals surface area contributed by atoms with Gasteiger partial charge in [-0.1, -0.05) is 0 Å². The van der Waals surface area contributed by atoms with E-state index in [1.54, 1.807) is 0 Å². The molecule has 2 aliphatic rings. The van der Waals surface area contributed by atoms with Crippen LogP contribution in [0.1, 0.15) is 106 Å². The fourth-order valence-corrected chi connectivity index (χ4v) is 7.55. The molecule has 7 heteroatoms. The van der Waals surface area contributed by atoms with Crippen LogP contribution in [-0.4, -0.2) is 48.2 Å². The minimum absolute atomic E-state index is 0.323. The normalized spacial score (nSPS) is 18.4. The number of esters is 1. The first-order chi connectivity index (χ1) is 18.7. The Kier molecular flexibility index (Phi) is 7.58. The molecule has 38 heavy (non-hydrogen) atoms. The zero-order chi connectivity index (χ0) is 26.1. The predicted molar refractivity (Wildman–Crippen MR) is 155 cm³/mol. The molecule has 2 aromatic heterocycles. The van der Waals surface area contributed by atoms with E-state index in [9.17, 15) is 4.79 Å². The first kappa shape index (κ1) is 25.6. The van der Waals surface area contributed by atoms with Crippen LogP contribution >= 0.6 is 0 Å². The van der Waals surface area contributed by atoms with Crippen molar-refractivity contribution in [1.29, 1.82) is 0 Å². The molecule has 0 spiro atoms. The van der Waals surface area contributed by atoms with Gasteiger partial charge in [0.1, 0.15) is 0 Å². The molecule has 200 valence electrons. The molecule has 2 aliphatic carbocycles. The van der Waals surface area contributed by atoms with Gasteiger partial charge in [-0.25, -0.2) is 0 Å². The summed E-state index contributed by atoms with van der Waals surface area (Å²) in [5.41, 5.74) is 5.89. The van der Waals surface area contributed by atoms with Crippen LogP contribution in [0.5, 0.6) is 0 Å². The molecule has 0 N–H and O–H groups in total. The van der Waals surface area contributed by atoms with Crippen molar-refractivity contribution in [1.82, 2.24) is 19.1 Å². The van der Waals surface area contributed by atoms with Crippen LogP contribution in [0.15, 0.2) is 36.4 Å². The Labute approximate surface area is 233 Å². The van der Waals surface area contributed by atoms with Crippen LogP contribution in [0.2, 0.25) is 0 Å². The van der Waals surface area contributed by atoms with Crippen molar-refractivity contribution in [3.63, 3.8) is 0 Å². The number of benzene rings is 2. The Balaban J connectivity index is 1.57. The summed E-state index contributed by atoms with van der Waals surface area (Å²) in [5.74, 6) is 0.677. The second kappa shape index (κ2) is 11.2. The van der Waals surface area contributed by atoms with Crippen molar-refractivity contribution in [2.45, 2.75) is 95.6 Å². The van der Waals surface area contributed by atoms with E-state index in [1.807, 2.05) is 12.1 Å². The van der Waals surface area contributed by atoms with Gasteiger partial charge < -0.3 is 0 Å². The van der Waals surface area contributed by atoms with Gasteiger partial charge in [-0.2, -0.15) is 0 Å². The first-order valence-electron chi connectivity index (χ1n) is 14.5. The van der Waals surface area contributed by atoms with Gasteiger partial charge in [0.05, 0.1) is 0 Å². The van der Waals surface area contributed by atoms with E-state index in [-0.39, 0.29) is 5.97 Å². The molecule has 0 atom stereocenters. The van der Waals surface area contributed by atoms with E-state index < -0.39 is 0 Å². The van der Waals surface area contributed by atoms with Gasteiger partial charge in [-0.3, -0.25) is 0 Å². The summed E-state index contributed by atoms with van der Waals surface area (Å²) < 4.78 is 11.0. The SMILES string of the molecule is COC(=O)c1ccc2c(c1)nc(-c1cccc3nc([SeH])n(C4CCCCCC4)c13)n2C1CCCCCCC1. The number of carbonyl (C=O) groups is 1. The molecule has 0 radical (unpaired) electrons. The van der Waals surface area contributed by atoms with Crippen molar-refractivity contribution < 1.29 is 9.53 Å². The molecule has 0 saturated heterocycles. The maximum atomic E-state index is 12.4. The number of ether oxygens (including phenoxy) is 1. The van der Waals surface area contributed by atoms with Crippen LogP contribution < -0.4 is 4.72 Å². The summed E-state index contributed by atoms with van der Waals surface area (Å²) >= 11 is 2.72. The molecule has 4 aromatic rings. The number of carbonyl (C=O) groups excluding carboxylic acids is 1. The number of hydrogen-bond donors (Lipinski definition) is 0. The average molecular weight is 578 g/mol. The molecule has 0 bridgehead atoms. The third-order valence-electron chi connectivity index (χ3n) is 8.67. The van der Waals surface area contributed by atoms with Gasteiger partial charge in [0.25, 0.3) is 0 Å². The number of nitrogens with zero attached hydrogens (tertiary/aromatic N) is 4. The molecule has 2 saturated carbocycles. The van der Waals surface area contributed by atoms with Gasteiger partial charge >= 0.3 is 233 Å². The number of hydrogen-bond acceptors (Lipinski definition) is 4. The van der Waals surface area contributed by atoms with Crippen molar-refractivity contribution >= 4 is 48.8 Å². The maximum absolute atomic E-state index is 12.4. The molecule has 2 fully saturated rings. The quantitative estimate of drug-likeness (QED) is 0.157. The van der Waals surface area contributed by atoms with Crippen LogP contribution in [-0.2, 0) is 4.74 Å². The third-order valence-corrected chi connectivity index (χ3v) is 9.33. The summed E-state index contributed by atoms with van der Waals surface area (Å²) in [4.78, 5) is 22.6. The zero-order valence-corrected chi connectivity index (χ0v) is 24.2. The number of para-hydroxylation sites is 1. The standard InChI is InChI=1S/C31H38N4O2Se/c1-37-30(36)21-18-19-27-26(20-21)32-29(34(27)22-12-7-3-2-4-8-13-22)24-16-11-17-25-28(24)35(31(38)33-25)23-14-9-5-6-10-15-23/h11,16-20,22-23H,2-10,12-15H2,1H3,(H,33,38). The second-order valence-corrected chi connectivity index (χ2v) is 11.9. The number of methoxy groups -OCH3 is 1. The van der Waals surface area contributed by atoms with Crippen molar-refractivity contribution in [3.05, 3.63) is 42.0 Å². The molecule has 0 amide bonds. The van der Waals surface area contributed by atoms with Gasteiger partial charge in [-0.15, -0.1) is 0 Å². The van der Waals surface area contributed by atoms with Crippen molar-refractivity contribution in [3.8, 4) is 11.4 Å². The Morgan fingerprint density at radius 3 is 2.11 bits per heavy atom. The molecular formula is C31H38N4O2Se. The summed E-state index contributed by atoms with van der Waals surface area (Å²) in [7, 11) is 1.43. The van der Waals surface area contributed by atoms with Gasteiger partial charge in [0.2, 0.25) is 0 Å². The topological polar surface area (TPSA) is 61.9 Å². The van der Waals surface area contributed by atoms with Gasteiger partial charge in [0.15, 0.2) is 0 Å². The monoisotopic (exact) mass is 578 g/mol. The van der Waals surface area contributed by atoms with Crippen LogP contribution in [0.25, 0.3) is 33.5 Å². The fraction of sp³-hybridized carbons (Fsp3) is 0.516. The molecule has 2 aromatic carbocycles. The number of aromatic nitrogens is 4. The first-order valence-corrected chi connectivity index (χ1v) is 15.4. The average Bonchev–Trinajstić information content (AvgIpc) is 3.32. The summed E-state index contributed by atoms with van der Waals surface area (Å²) in [6.07, 6.45) is 16.3.